The van der Waals surface area contributed by atoms with Crippen LogP contribution in [0.15, 0.2) is 18.2 Å². The molecule has 1 amide bonds. The number of carbonyl (C=O) groups excluding carboxylic acids is 1. The zero-order valence-corrected chi connectivity index (χ0v) is 12.0. The number of hydrogen-bond donors (Lipinski definition) is 1. The van der Waals surface area contributed by atoms with E-state index in [1.54, 1.807) is 11.0 Å². The van der Waals surface area contributed by atoms with Gasteiger partial charge in [0.25, 0.3) is 5.91 Å². The quantitative estimate of drug-likeness (QED) is 0.878. The Morgan fingerprint density at radius 3 is 3.05 bits per heavy atom. The van der Waals surface area contributed by atoms with Gasteiger partial charge in [-0.25, -0.2) is 4.39 Å². The number of piperidine rings is 1. The Hall–Kier alpha value is -1.46. The van der Waals surface area contributed by atoms with Crippen molar-refractivity contribution in [2.45, 2.75) is 25.9 Å². The summed E-state index contributed by atoms with van der Waals surface area (Å²) in [5, 5.41) is 10.5. The van der Waals surface area contributed by atoms with Gasteiger partial charge in [-0.15, -0.1) is 11.3 Å². The maximum absolute atomic E-state index is 13.3. The van der Waals surface area contributed by atoms with Gasteiger partial charge in [0.05, 0.1) is 11.0 Å². The molecule has 2 heterocycles. The van der Waals surface area contributed by atoms with E-state index in [0.29, 0.717) is 18.0 Å². The number of carbonyl (C=O) groups is 1. The van der Waals surface area contributed by atoms with E-state index in [9.17, 15) is 14.3 Å². The molecule has 0 aliphatic carbocycles. The van der Waals surface area contributed by atoms with Crippen LogP contribution >= 0.6 is 11.3 Å². The highest BCUT2D eigenvalue weighted by Crippen LogP contribution is 2.32. The van der Waals surface area contributed by atoms with Gasteiger partial charge in [-0.3, -0.25) is 4.79 Å². The number of aryl methyl sites for hydroxylation is 1. The van der Waals surface area contributed by atoms with Crippen LogP contribution in [-0.2, 0) is 0 Å². The van der Waals surface area contributed by atoms with Gasteiger partial charge in [-0.1, -0.05) is 0 Å². The van der Waals surface area contributed by atoms with Crippen LogP contribution in [0.1, 0.15) is 28.1 Å². The standard InChI is InChI=1S/C15H16FNO2S/c1-9-12-7-10(16)4-5-13(12)20-14(9)15(19)17-6-2-3-11(18)8-17/h4-5,7,11,18H,2-3,6,8H2,1H3. The first-order valence-electron chi connectivity index (χ1n) is 6.72. The molecule has 3 rings (SSSR count). The van der Waals surface area contributed by atoms with Gasteiger partial charge < -0.3 is 10.0 Å². The van der Waals surface area contributed by atoms with E-state index in [0.717, 1.165) is 28.5 Å². The number of aliphatic hydroxyl groups is 1. The number of amides is 1. The number of β-amino-alcohol motifs (C(OH)–C–C–N with tert-alkyl or cyclic N) is 1. The van der Waals surface area contributed by atoms with Gasteiger partial charge in [0.1, 0.15) is 5.82 Å². The molecule has 1 atom stereocenters. The van der Waals surface area contributed by atoms with E-state index < -0.39 is 6.10 Å². The number of rotatable bonds is 1. The van der Waals surface area contributed by atoms with Crippen molar-refractivity contribution in [3.63, 3.8) is 0 Å². The summed E-state index contributed by atoms with van der Waals surface area (Å²) in [6, 6.07) is 4.60. The Balaban J connectivity index is 1.97. The lowest BCUT2D eigenvalue weighted by Gasteiger charge is -2.29. The number of nitrogens with zero attached hydrogens (tertiary/aromatic N) is 1. The first kappa shape index (κ1) is 13.5. The molecule has 0 radical (unpaired) electrons. The predicted octanol–water partition coefficient (Wildman–Crippen LogP) is 2.95. The minimum Gasteiger partial charge on any atom is -0.391 e. The van der Waals surface area contributed by atoms with Gasteiger partial charge >= 0.3 is 0 Å². The van der Waals surface area contributed by atoms with E-state index in [4.69, 9.17) is 0 Å². The summed E-state index contributed by atoms with van der Waals surface area (Å²) < 4.78 is 14.2. The molecule has 0 saturated carbocycles. The summed E-state index contributed by atoms with van der Waals surface area (Å²) in [6.45, 7) is 2.92. The zero-order chi connectivity index (χ0) is 14.3. The van der Waals surface area contributed by atoms with Gasteiger partial charge in [0.15, 0.2) is 0 Å². The SMILES string of the molecule is Cc1c(C(=O)N2CCCC(O)C2)sc2ccc(F)cc12. The molecule has 1 N–H and O–H groups in total. The molecule has 1 fully saturated rings. The fourth-order valence-corrected chi connectivity index (χ4v) is 3.84. The fraction of sp³-hybridized carbons (Fsp3) is 0.400. The molecule has 1 saturated heterocycles. The second-order valence-electron chi connectivity index (χ2n) is 5.24. The van der Waals surface area contributed by atoms with E-state index in [1.165, 1.54) is 23.5 Å². The normalized spacial score (nSPS) is 19.6. The highest BCUT2D eigenvalue weighted by atomic mass is 32.1. The van der Waals surface area contributed by atoms with Crippen molar-refractivity contribution in [3.8, 4) is 0 Å². The van der Waals surface area contributed by atoms with Crippen LogP contribution in [0, 0.1) is 12.7 Å². The predicted molar refractivity (Wildman–Crippen MR) is 77.7 cm³/mol. The molecule has 1 aliphatic heterocycles. The van der Waals surface area contributed by atoms with E-state index in [1.807, 2.05) is 6.92 Å². The van der Waals surface area contributed by atoms with Crippen LogP contribution in [-0.4, -0.2) is 35.1 Å². The van der Waals surface area contributed by atoms with Crippen molar-refractivity contribution in [2.75, 3.05) is 13.1 Å². The topological polar surface area (TPSA) is 40.5 Å². The summed E-state index contributed by atoms with van der Waals surface area (Å²) >= 11 is 1.40. The summed E-state index contributed by atoms with van der Waals surface area (Å²) in [7, 11) is 0. The molecule has 1 aromatic carbocycles. The molecular weight excluding hydrogens is 277 g/mol. The highest BCUT2D eigenvalue weighted by molar-refractivity contribution is 7.21. The summed E-state index contributed by atoms with van der Waals surface area (Å²) in [5.74, 6) is -0.339. The minimum absolute atomic E-state index is 0.0529. The average molecular weight is 293 g/mol. The van der Waals surface area contributed by atoms with Crippen molar-refractivity contribution in [3.05, 3.63) is 34.5 Å². The third-order valence-electron chi connectivity index (χ3n) is 3.78. The third-order valence-corrected chi connectivity index (χ3v) is 5.04. The molecule has 0 spiro atoms. The lowest BCUT2D eigenvalue weighted by atomic mass is 10.1. The molecule has 0 bridgehead atoms. The van der Waals surface area contributed by atoms with Gasteiger partial charge in [-0.2, -0.15) is 0 Å². The van der Waals surface area contributed by atoms with Crippen LogP contribution in [0.4, 0.5) is 4.39 Å². The van der Waals surface area contributed by atoms with Crippen LogP contribution in [0.3, 0.4) is 0 Å². The second kappa shape index (κ2) is 5.14. The van der Waals surface area contributed by atoms with E-state index >= 15 is 0 Å². The first-order valence-corrected chi connectivity index (χ1v) is 7.54. The van der Waals surface area contributed by atoms with Gasteiger partial charge in [0.2, 0.25) is 0 Å². The molecule has 3 nitrogen and oxygen atoms in total. The summed E-state index contributed by atoms with van der Waals surface area (Å²) in [4.78, 5) is 14.9. The Labute approximate surface area is 120 Å². The van der Waals surface area contributed by atoms with Gasteiger partial charge in [-0.05, 0) is 48.9 Å². The third kappa shape index (κ3) is 2.31. The summed E-state index contributed by atoms with van der Waals surface area (Å²) in [5.41, 5.74) is 0.828. The van der Waals surface area contributed by atoms with Crippen molar-refractivity contribution in [1.29, 1.82) is 0 Å². The Morgan fingerprint density at radius 1 is 1.50 bits per heavy atom. The van der Waals surface area contributed by atoms with Crippen molar-refractivity contribution in [1.82, 2.24) is 4.90 Å². The van der Waals surface area contributed by atoms with E-state index in [-0.39, 0.29) is 11.7 Å². The lowest BCUT2D eigenvalue weighted by molar-refractivity contribution is 0.0477. The Bertz CT molecular complexity index is 667. The zero-order valence-electron chi connectivity index (χ0n) is 11.2. The molecule has 1 aromatic heterocycles. The largest absolute Gasteiger partial charge is 0.391 e. The molecule has 5 heteroatoms. The Morgan fingerprint density at radius 2 is 2.30 bits per heavy atom. The molecule has 2 aromatic rings. The molecule has 1 unspecified atom stereocenters. The fourth-order valence-electron chi connectivity index (χ4n) is 2.68. The van der Waals surface area contributed by atoms with Crippen molar-refractivity contribution < 1.29 is 14.3 Å². The first-order chi connectivity index (χ1) is 9.56. The number of thiophene rings is 1. The molecule has 20 heavy (non-hydrogen) atoms. The number of hydrogen-bond acceptors (Lipinski definition) is 3. The number of aliphatic hydroxyl groups excluding tert-OH is 1. The lowest BCUT2D eigenvalue weighted by Crippen LogP contribution is -2.42. The molecule has 106 valence electrons. The second-order valence-corrected chi connectivity index (χ2v) is 6.30. The van der Waals surface area contributed by atoms with Crippen LogP contribution in [0.2, 0.25) is 0 Å². The smallest absolute Gasteiger partial charge is 0.264 e. The minimum atomic E-state index is -0.431. The van der Waals surface area contributed by atoms with E-state index in [2.05, 4.69) is 0 Å². The number of likely N-dealkylation sites (tertiary alicyclic amines) is 1. The summed E-state index contributed by atoms with van der Waals surface area (Å²) in [6.07, 6.45) is 1.14. The average Bonchev–Trinajstić information content (AvgIpc) is 2.75. The number of benzene rings is 1. The number of fused-ring (bicyclic) bond motifs is 1. The van der Waals surface area contributed by atoms with Crippen LogP contribution in [0.5, 0.6) is 0 Å². The monoisotopic (exact) mass is 293 g/mol. The van der Waals surface area contributed by atoms with Crippen LogP contribution < -0.4 is 0 Å². The maximum atomic E-state index is 13.3. The number of halogens is 1. The van der Waals surface area contributed by atoms with Gasteiger partial charge in [0, 0.05) is 17.8 Å². The van der Waals surface area contributed by atoms with Crippen LogP contribution in [0.25, 0.3) is 10.1 Å². The van der Waals surface area contributed by atoms with Crippen molar-refractivity contribution in [2.24, 2.45) is 0 Å². The molecular formula is C15H16FNO2S. The van der Waals surface area contributed by atoms with Crippen molar-refractivity contribution >= 4 is 27.3 Å². The molecule has 1 aliphatic rings. The highest BCUT2D eigenvalue weighted by Gasteiger charge is 2.26. The Kier molecular flexibility index (Phi) is 3.48. The maximum Gasteiger partial charge on any atom is 0.264 e.